The maximum atomic E-state index is 5.40. The number of aromatic nitrogens is 1. The fourth-order valence-electron chi connectivity index (χ4n) is 1.58. The Morgan fingerprint density at radius 2 is 2.00 bits per heavy atom. The van der Waals surface area contributed by atoms with Gasteiger partial charge in [-0.05, 0) is 34.6 Å². The molecule has 0 bridgehead atoms. The molecule has 0 saturated carbocycles. The molecule has 21 heavy (non-hydrogen) atoms. The third-order valence-electron chi connectivity index (χ3n) is 2.96. The molecule has 1 aromatic rings. The predicted molar refractivity (Wildman–Crippen MR) is 101 cm³/mol. The number of aryl methyl sites for hydroxylation is 2. The lowest BCUT2D eigenvalue weighted by Gasteiger charge is -2.24. The summed E-state index contributed by atoms with van der Waals surface area (Å²) in [5, 5.41) is 7.64. The quantitative estimate of drug-likeness (QED) is 0.417. The van der Waals surface area contributed by atoms with Crippen molar-refractivity contribution in [1.29, 1.82) is 0 Å². The molecule has 1 heterocycles. The Labute approximate surface area is 149 Å². The second-order valence-electron chi connectivity index (χ2n) is 5.25. The van der Waals surface area contributed by atoms with Gasteiger partial charge in [-0.3, -0.25) is 0 Å². The van der Waals surface area contributed by atoms with Gasteiger partial charge in [0.15, 0.2) is 5.96 Å². The molecule has 5 nitrogen and oxygen atoms in total. The van der Waals surface area contributed by atoms with Gasteiger partial charge in [0.05, 0.1) is 22.8 Å². The summed E-state index contributed by atoms with van der Waals surface area (Å²) in [5.74, 6) is 0.808. The molecule has 0 radical (unpaired) electrons. The van der Waals surface area contributed by atoms with Gasteiger partial charge < -0.3 is 15.4 Å². The molecule has 0 spiro atoms. The van der Waals surface area contributed by atoms with Crippen molar-refractivity contribution in [3.05, 3.63) is 15.6 Å². The molecule has 0 aromatic carbocycles. The lowest BCUT2D eigenvalue weighted by atomic mass is 10.1. The lowest BCUT2D eigenvalue weighted by Crippen LogP contribution is -2.45. The van der Waals surface area contributed by atoms with Crippen LogP contribution >= 0.6 is 35.3 Å². The Morgan fingerprint density at radius 3 is 2.48 bits per heavy atom. The maximum absolute atomic E-state index is 5.40. The summed E-state index contributed by atoms with van der Waals surface area (Å²) in [6.07, 6.45) is 0. The van der Waals surface area contributed by atoms with Gasteiger partial charge in [0.25, 0.3) is 0 Å². The van der Waals surface area contributed by atoms with Crippen LogP contribution in [-0.2, 0) is 11.3 Å². The number of thiazole rings is 1. The highest BCUT2D eigenvalue weighted by atomic mass is 127. The number of nitrogens with one attached hydrogen (secondary N) is 2. The monoisotopic (exact) mass is 426 g/mol. The normalized spacial score (nSPS) is 12.0. The highest BCUT2D eigenvalue weighted by Crippen LogP contribution is 2.17. The number of halogens is 1. The second kappa shape index (κ2) is 9.58. The molecular formula is C14H27IN4OS. The van der Waals surface area contributed by atoms with Gasteiger partial charge in [0.1, 0.15) is 0 Å². The van der Waals surface area contributed by atoms with Crippen molar-refractivity contribution in [2.75, 3.05) is 20.2 Å². The van der Waals surface area contributed by atoms with Crippen LogP contribution in [0.2, 0.25) is 0 Å². The second-order valence-corrected chi connectivity index (χ2v) is 6.54. The van der Waals surface area contributed by atoms with E-state index in [0.717, 1.165) is 23.2 Å². The van der Waals surface area contributed by atoms with E-state index in [2.05, 4.69) is 27.5 Å². The number of aliphatic imine (C=N–C) groups is 1. The third kappa shape index (κ3) is 7.42. The van der Waals surface area contributed by atoms with Gasteiger partial charge >= 0.3 is 0 Å². The number of ether oxygens (including phenoxy) is 1. The zero-order valence-electron chi connectivity index (χ0n) is 13.7. The minimum atomic E-state index is -0.215. The van der Waals surface area contributed by atoms with E-state index in [1.54, 1.807) is 18.4 Å². The summed E-state index contributed by atoms with van der Waals surface area (Å²) in [5.41, 5.74) is 0.858. The van der Waals surface area contributed by atoms with Crippen molar-refractivity contribution in [2.45, 2.75) is 46.8 Å². The Balaban J connectivity index is 0.00000400. The molecule has 1 rings (SSSR count). The van der Waals surface area contributed by atoms with E-state index in [0.29, 0.717) is 13.1 Å². The molecule has 0 fully saturated rings. The van der Waals surface area contributed by atoms with Crippen LogP contribution < -0.4 is 10.6 Å². The molecule has 0 atom stereocenters. The summed E-state index contributed by atoms with van der Waals surface area (Å²) in [6.45, 7) is 12.4. The van der Waals surface area contributed by atoms with Gasteiger partial charge in [-0.25, -0.2) is 9.98 Å². The van der Waals surface area contributed by atoms with Crippen LogP contribution in [0.5, 0.6) is 0 Å². The first-order chi connectivity index (χ1) is 9.38. The van der Waals surface area contributed by atoms with E-state index in [-0.39, 0.29) is 29.6 Å². The number of guanidine groups is 1. The van der Waals surface area contributed by atoms with E-state index in [1.165, 1.54) is 4.88 Å². The summed E-state index contributed by atoms with van der Waals surface area (Å²) in [7, 11) is 1.72. The van der Waals surface area contributed by atoms with Crippen LogP contribution in [0.4, 0.5) is 0 Å². The highest BCUT2D eigenvalue weighted by Gasteiger charge is 2.16. The first-order valence-electron chi connectivity index (χ1n) is 6.88. The number of hydrogen-bond acceptors (Lipinski definition) is 4. The number of nitrogens with zero attached hydrogens (tertiary/aromatic N) is 2. The minimum absolute atomic E-state index is 0. The van der Waals surface area contributed by atoms with Gasteiger partial charge in [-0.15, -0.1) is 35.3 Å². The Bertz CT molecular complexity index is 460. The average Bonchev–Trinajstić information content (AvgIpc) is 2.71. The van der Waals surface area contributed by atoms with Gasteiger partial charge in [0, 0.05) is 25.1 Å². The maximum Gasteiger partial charge on any atom is 0.191 e. The molecule has 122 valence electrons. The number of hydrogen-bond donors (Lipinski definition) is 2. The predicted octanol–water partition coefficient (Wildman–Crippen LogP) is 2.86. The highest BCUT2D eigenvalue weighted by molar-refractivity contribution is 14.0. The van der Waals surface area contributed by atoms with Crippen LogP contribution in [0.3, 0.4) is 0 Å². The first-order valence-corrected chi connectivity index (χ1v) is 7.70. The molecule has 0 unspecified atom stereocenters. The zero-order valence-corrected chi connectivity index (χ0v) is 16.9. The van der Waals surface area contributed by atoms with Crippen LogP contribution in [0.25, 0.3) is 0 Å². The standard InChI is InChI=1S/C14H26N4OS.HI/c1-7-15-13(17-9-14(4,5)19-6)16-8-12-10(2)18-11(3)20-12;/h7-9H2,1-6H3,(H2,15,16,17);1H. The Morgan fingerprint density at radius 1 is 1.33 bits per heavy atom. The van der Waals surface area contributed by atoms with Crippen LogP contribution in [0.1, 0.15) is 36.3 Å². The van der Waals surface area contributed by atoms with Crippen LogP contribution in [0.15, 0.2) is 4.99 Å². The average molecular weight is 426 g/mol. The van der Waals surface area contributed by atoms with Gasteiger partial charge in [-0.1, -0.05) is 0 Å². The number of methoxy groups -OCH3 is 1. The van der Waals surface area contributed by atoms with Crippen molar-refractivity contribution < 1.29 is 4.74 Å². The lowest BCUT2D eigenvalue weighted by molar-refractivity contribution is 0.0268. The molecule has 1 aromatic heterocycles. The van der Waals surface area contributed by atoms with Crippen molar-refractivity contribution in [3.63, 3.8) is 0 Å². The summed E-state index contributed by atoms with van der Waals surface area (Å²) in [6, 6.07) is 0. The van der Waals surface area contributed by atoms with E-state index < -0.39 is 0 Å². The van der Waals surface area contributed by atoms with Crippen molar-refractivity contribution in [2.24, 2.45) is 4.99 Å². The van der Waals surface area contributed by atoms with E-state index in [9.17, 15) is 0 Å². The molecule has 0 saturated heterocycles. The Hall–Kier alpha value is -0.410. The zero-order chi connectivity index (χ0) is 15.2. The topological polar surface area (TPSA) is 58.5 Å². The van der Waals surface area contributed by atoms with Crippen molar-refractivity contribution in [1.82, 2.24) is 15.6 Å². The van der Waals surface area contributed by atoms with Crippen molar-refractivity contribution >= 4 is 41.3 Å². The van der Waals surface area contributed by atoms with Crippen LogP contribution in [0, 0.1) is 13.8 Å². The van der Waals surface area contributed by atoms with Crippen molar-refractivity contribution in [3.8, 4) is 0 Å². The summed E-state index contributed by atoms with van der Waals surface area (Å²) >= 11 is 1.70. The van der Waals surface area contributed by atoms with Gasteiger partial charge in [0.2, 0.25) is 0 Å². The summed E-state index contributed by atoms with van der Waals surface area (Å²) < 4.78 is 5.40. The smallest absolute Gasteiger partial charge is 0.191 e. The van der Waals surface area contributed by atoms with Crippen LogP contribution in [-0.4, -0.2) is 36.7 Å². The van der Waals surface area contributed by atoms with E-state index in [4.69, 9.17) is 4.74 Å². The Kier molecular flexibility index (Phi) is 9.39. The van der Waals surface area contributed by atoms with E-state index >= 15 is 0 Å². The van der Waals surface area contributed by atoms with E-state index in [1.807, 2.05) is 27.7 Å². The summed E-state index contributed by atoms with van der Waals surface area (Å²) in [4.78, 5) is 10.2. The fourth-order valence-corrected chi connectivity index (χ4v) is 2.44. The molecule has 2 N–H and O–H groups in total. The molecule has 7 heteroatoms. The SMILES string of the molecule is CCNC(=NCc1sc(C)nc1C)NCC(C)(C)OC.I. The number of rotatable bonds is 6. The fraction of sp³-hybridized carbons (Fsp3) is 0.714. The molecule has 0 aliphatic rings. The minimum Gasteiger partial charge on any atom is -0.377 e. The first kappa shape index (κ1) is 20.6. The molecular weight excluding hydrogens is 399 g/mol. The van der Waals surface area contributed by atoms with Gasteiger partial charge in [-0.2, -0.15) is 0 Å². The third-order valence-corrected chi connectivity index (χ3v) is 4.02. The molecule has 0 aliphatic heterocycles. The molecule has 0 aliphatic carbocycles. The largest absolute Gasteiger partial charge is 0.377 e. The molecule has 0 amide bonds.